The predicted molar refractivity (Wildman–Crippen MR) is 114 cm³/mol. The van der Waals surface area contributed by atoms with Gasteiger partial charge in [-0.25, -0.2) is 0 Å². The number of methoxy groups -OCH3 is 2. The van der Waals surface area contributed by atoms with Crippen LogP contribution in [-0.4, -0.2) is 52.4 Å². The van der Waals surface area contributed by atoms with Crippen molar-refractivity contribution in [3.8, 4) is 34.4 Å². The van der Waals surface area contributed by atoms with E-state index in [9.17, 15) is 4.79 Å². The van der Waals surface area contributed by atoms with E-state index in [-0.39, 0.29) is 18.5 Å². The van der Waals surface area contributed by atoms with E-state index in [2.05, 4.69) is 20.5 Å². The highest BCUT2D eigenvalue weighted by Gasteiger charge is 2.24. The number of hydrogen-bond acceptors (Lipinski definition) is 9. The maximum atomic E-state index is 12.5. The van der Waals surface area contributed by atoms with Gasteiger partial charge in [0.05, 0.1) is 37.4 Å². The first-order valence-electron chi connectivity index (χ1n) is 9.46. The van der Waals surface area contributed by atoms with Gasteiger partial charge in [0, 0.05) is 18.8 Å². The van der Waals surface area contributed by atoms with Crippen LogP contribution in [0.3, 0.4) is 0 Å². The second kappa shape index (κ2) is 9.13. The van der Waals surface area contributed by atoms with Crippen LogP contribution in [0.4, 0.5) is 5.69 Å². The fraction of sp³-hybridized carbons (Fsp3) is 0.300. The highest BCUT2D eigenvalue weighted by molar-refractivity contribution is 7.99. The van der Waals surface area contributed by atoms with Crippen molar-refractivity contribution in [1.29, 1.82) is 0 Å². The number of thioether (sulfide) groups is 1. The maximum Gasteiger partial charge on any atom is 0.234 e. The average molecular weight is 443 g/mol. The Morgan fingerprint density at radius 3 is 2.87 bits per heavy atom. The molecule has 0 unspecified atom stereocenters. The summed E-state index contributed by atoms with van der Waals surface area (Å²) in [7, 11) is 3.11. The molecule has 0 bridgehead atoms. The van der Waals surface area contributed by atoms with Gasteiger partial charge in [-0.15, -0.1) is 10.2 Å². The normalized spacial score (nSPS) is 12.0. The number of amides is 1. The van der Waals surface area contributed by atoms with Gasteiger partial charge in [0.15, 0.2) is 22.5 Å². The molecule has 0 fully saturated rings. The fourth-order valence-corrected chi connectivity index (χ4v) is 3.89. The summed E-state index contributed by atoms with van der Waals surface area (Å²) >= 11 is 1.29. The van der Waals surface area contributed by atoms with Gasteiger partial charge in [-0.2, -0.15) is 0 Å². The Balaban J connectivity index is 1.48. The Bertz CT molecular complexity index is 1100. The molecule has 3 heterocycles. The zero-order chi connectivity index (χ0) is 21.8. The van der Waals surface area contributed by atoms with Gasteiger partial charge >= 0.3 is 0 Å². The summed E-state index contributed by atoms with van der Waals surface area (Å²) in [5, 5.41) is 12.0. The minimum atomic E-state index is -0.195. The number of ether oxygens (including phenoxy) is 4. The number of nitrogens with one attached hydrogen (secondary N) is 1. The van der Waals surface area contributed by atoms with Crippen LogP contribution in [-0.2, 0) is 11.3 Å². The van der Waals surface area contributed by atoms with Crippen molar-refractivity contribution in [2.75, 3.05) is 32.1 Å². The Labute approximate surface area is 182 Å². The van der Waals surface area contributed by atoms with E-state index in [4.69, 9.17) is 18.9 Å². The molecule has 11 heteroatoms. The highest BCUT2D eigenvalue weighted by Crippen LogP contribution is 2.40. The molecule has 0 atom stereocenters. The van der Waals surface area contributed by atoms with Crippen LogP contribution in [0, 0.1) is 0 Å². The molecule has 0 spiro atoms. The SMILES string of the molecule is CCn1c(SCC(=O)Nc2ccc(OC)cc2OC)nnc1-c1cncc2c1OCO2. The molecule has 31 heavy (non-hydrogen) atoms. The van der Waals surface area contributed by atoms with E-state index in [1.165, 1.54) is 18.9 Å². The third-order valence-corrected chi connectivity index (χ3v) is 5.54. The number of nitrogens with zero attached hydrogens (tertiary/aromatic N) is 4. The first-order valence-corrected chi connectivity index (χ1v) is 10.4. The molecule has 0 aliphatic carbocycles. The molecule has 10 nitrogen and oxygen atoms in total. The maximum absolute atomic E-state index is 12.5. The van der Waals surface area contributed by atoms with Crippen LogP contribution >= 0.6 is 11.8 Å². The molecule has 2 aromatic heterocycles. The van der Waals surface area contributed by atoms with Gasteiger partial charge in [-0.1, -0.05) is 11.8 Å². The fourth-order valence-electron chi connectivity index (χ4n) is 3.09. The summed E-state index contributed by atoms with van der Waals surface area (Å²) in [5.41, 5.74) is 1.26. The van der Waals surface area contributed by atoms with E-state index in [1.807, 2.05) is 11.5 Å². The van der Waals surface area contributed by atoms with Crippen LogP contribution in [0.1, 0.15) is 6.92 Å². The van der Waals surface area contributed by atoms with Crippen LogP contribution in [0.5, 0.6) is 23.0 Å². The minimum Gasteiger partial charge on any atom is -0.497 e. The van der Waals surface area contributed by atoms with Crippen LogP contribution < -0.4 is 24.3 Å². The number of fused-ring (bicyclic) bond motifs is 1. The van der Waals surface area contributed by atoms with Crippen molar-refractivity contribution < 1.29 is 23.7 Å². The molecule has 1 amide bonds. The van der Waals surface area contributed by atoms with E-state index < -0.39 is 0 Å². The summed E-state index contributed by atoms with van der Waals surface area (Å²) in [6, 6.07) is 5.20. The molecule has 1 aliphatic heterocycles. The number of hydrogen-bond donors (Lipinski definition) is 1. The molecule has 1 aliphatic rings. The van der Waals surface area contributed by atoms with Crippen molar-refractivity contribution in [2.45, 2.75) is 18.6 Å². The molecule has 1 aromatic carbocycles. The number of anilines is 1. The van der Waals surface area contributed by atoms with Gasteiger partial charge in [-0.3, -0.25) is 9.78 Å². The summed E-state index contributed by atoms with van der Waals surface area (Å²) in [6.45, 7) is 2.74. The number of carbonyl (C=O) groups excluding carboxylic acids is 1. The summed E-state index contributed by atoms with van der Waals surface area (Å²) in [6.07, 6.45) is 3.27. The van der Waals surface area contributed by atoms with Crippen LogP contribution in [0.15, 0.2) is 35.7 Å². The van der Waals surface area contributed by atoms with Gasteiger partial charge in [0.25, 0.3) is 0 Å². The first-order chi connectivity index (χ1) is 15.1. The van der Waals surface area contributed by atoms with E-state index in [0.29, 0.717) is 51.8 Å². The molecule has 4 rings (SSSR count). The van der Waals surface area contributed by atoms with Crippen molar-refractivity contribution in [3.63, 3.8) is 0 Å². The quantitative estimate of drug-likeness (QED) is 0.526. The smallest absolute Gasteiger partial charge is 0.234 e. The lowest BCUT2D eigenvalue weighted by Crippen LogP contribution is -2.15. The van der Waals surface area contributed by atoms with E-state index >= 15 is 0 Å². The molecule has 0 radical (unpaired) electrons. The lowest BCUT2D eigenvalue weighted by atomic mass is 10.2. The molecule has 0 saturated heterocycles. The van der Waals surface area contributed by atoms with Gasteiger partial charge in [-0.05, 0) is 19.1 Å². The third kappa shape index (κ3) is 4.22. The van der Waals surface area contributed by atoms with Crippen molar-refractivity contribution in [2.24, 2.45) is 0 Å². The summed E-state index contributed by atoms with van der Waals surface area (Å²) < 4.78 is 23.4. The van der Waals surface area contributed by atoms with Crippen molar-refractivity contribution in [3.05, 3.63) is 30.6 Å². The lowest BCUT2D eigenvalue weighted by Gasteiger charge is -2.12. The Hall–Kier alpha value is -3.47. The Morgan fingerprint density at radius 2 is 2.10 bits per heavy atom. The number of aromatic nitrogens is 4. The monoisotopic (exact) mass is 443 g/mol. The van der Waals surface area contributed by atoms with Crippen LogP contribution in [0.25, 0.3) is 11.4 Å². The minimum absolute atomic E-state index is 0.144. The number of carbonyl (C=O) groups is 1. The second-order valence-electron chi connectivity index (χ2n) is 6.37. The predicted octanol–water partition coefficient (Wildman–Crippen LogP) is 2.84. The largest absolute Gasteiger partial charge is 0.497 e. The standard InChI is InChI=1S/C20H21N5O5S/c1-4-25-19(13-8-21-9-16-18(13)30-11-29-16)23-24-20(25)31-10-17(26)22-14-6-5-12(27-2)7-15(14)28-3/h5-9H,4,10-11H2,1-3H3,(H,22,26). The zero-order valence-electron chi connectivity index (χ0n) is 17.2. The van der Waals surface area contributed by atoms with Gasteiger partial charge in [0.2, 0.25) is 12.7 Å². The molecule has 162 valence electrons. The lowest BCUT2D eigenvalue weighted by molar-refractivity contribution is -0.113. The Kier molecular flexibility index (Phi) is 6.12. The average Bonchev–Trinajstić information content (AvgIpc) is 3.44. The van der Waals surface area contributed by atoms with Crippen molar-refractivity contribution >= 4 is 23.4 Å². The highest BCUT2D eigenvalue weighted by atomic mass is 32.2. The van der Waals surface area contributed by atoms with Gasteiger partial charge < -0.3 is 28.8 Å². The van der Waals surface area contributed by atoms with Gasteiger partial charge in [0.1, 0.15) is 11.5 Å². The molecule has 0 saturated carbocycles. The van der Waals surface area contributed by atoms with E-state index in [1.54, 1.807) is 37.7 Å². The molecular formula is C20H21N5O5S. The molecular weight excluding hydrogens is 422 g/mol. The molecule has 3 aromatic rings. The topological polar surface area (TPSA) is 110 Å². The zero-order valence-corrected chi connectivity index (χ0v) is 18.1. The number of rotatable bonds is 8. The van der Waals surface area contributed by atoms with Crippen LogP contribution in [0.2, 0.25) is 0 Å². The molecule has 1 N–H and O–H groups in total. The summed E-state index contributed by atoms with van der Waals surface area (Å²) in [5.74, 6) is 2.89. The third-order valence-electron chi connectivity index (χ3n) is 4.57. The first kappa shape index (κ1) is 20.8. The number of benzene rings is 1. The van der Waals surface area contributed by atoms with E-state index in [0.717, 1.165) is 0 Å². The Morgan fingerprint density at radius 1 is 1.23 bits per heavy atom. The summed E-state index contributed by atoms with van der Waals surface area (Å²) in [4.78, 5) is 16.7. The number of pyridine rings is 1. The second-order valence-corrected chi connectivity index (χ2v) is 7.32. The van der Waals surface area contributed by atoms with Crippen molar-refractivity contribution in [1.82, 2.24) is 19.7 Å².